The fourth-order valence-electron chi connectivity index (χ4n) is 4.31. The molecule has 6 heteroatoms. The van der Waals surface area contributed by atoms with Crippen LogP contribution in [0.15, 0.2) is 79.3 Å². The Kier molecular flexibility index (Phi) is 8.64. The SMILES string of the molecule is CCCCNCCC.Cc1ccc(-c2cnc3c(-c4ccc(C(N)=O)c5ccccc45)cnn3c2)cc1. The highest BCUT2D eigenvalue weighted by atomic mass is 16.1. The number of carbonyl (C=O) groups is 1. The molecule has 0 spiro atoms. The van der Waals surface area contributed by atoms with Gasteiger partial charge >= 0.3 is 0 Å². The molecular weight excluding hydrogens is 458 g/mol. The Labute approximate surface area is 218 Å². The fraction of sp³-hybridized carbons (Fsp3) is 0.258. The number of benzene rings is 3. The van der Waals surface area contributed by atoms with Crippen molar-refractivity contribution in [2.75, 3.05) is 13.1 Å². The lowest BCUT2D eigenvalue weighted by atomic mass is 9.96. The van der Waals surface area contributed by atoms with E-state index in [-0.39, 0.29) is 0 Å². The summed E-state index contributed by atoms with van der Waals surface area (Å²) in [5.74, 6) is -0.437. The maximum absolute atomic E-state index is 11.8. The van der Waals surface area contributed by atoms with E-state index in [1.165, 1.54) is 37.9 Å². The number of unbranched alkanes of at least 4 members (excludes halogenated alkanes) is 1. The van der Waals surface area contributed by atoms with Gasteiger partial charge in [0.25, 0.3) is 0 Å². The molecule has 0 aliphatic rings. The molecule has 5 rings (SSSR count). The van der Waals surface area contributed by atoms with E-state index in [0.29, 0.717) is 5.56 Å². The number of primary amides is 1. The van der Waals surface area contributed by atoms with Gasteiger partial charge in [0.1, 0.15) is 0 Å². The second-order valence-electron chi connectivity index (χ2n) is 9.21. The van der Waals surface area contributed by atoms with Crippen molar-refractivity contribution in [3.63, 3.8) is 0 Å². The zero-order valence-electron chi connectivity index (χ0n) is 21.9. The van der Waals surface area contributed by atoms with Crippen molar-refractivity contribution >= 4 is 22.3 Å². The van der Waals surface area contributed by atoms with Gasteiger partial charge in [0, 0.05) is 29.1 Å². The van der Waals surface area contributed by atoms with Crippen molar-refractivity contribution < 1.29 is 4.79 Å². The molecule has 3 N–H and O–H groups in total. The van der Waals surface area contributed by atoms with E-state index in [1.54, 1.807) is 10.6 Å². The first-order valence-corrected chi connectivity index (χ1v) is 13.0. The summed E-state index contributed by atoms with van der Waals surface area (Å²) < 4.78 is 1.79. The molecule has 1 amide bonds. The number of nitrogens with zero attached hydrogens (tertiary/aromatic N) is 3. The number of rotatable bonds is 8. The van der Waals surface area contributed by atoms with E-state index >= 15 is 0 Å². The van der Waals surface area contributed by atoms with E-state index < -0.39 is 5.91 Å². The lowest BCUT2D eigenvalue weighted by molar-refractivity contribution is 0.100. The Hall–Kier alpha value is -4.03. The zero-order valence-corrected chi connectivity index (χ0v) is 21.9. The molecule has 0 unspecified atom stereocenters. The molecule has 0 fully saturated rings. The van der Waals surface area contributed by atoms with Crippen LogP contribution in [0.5, 0.6) is 0 Å². The summed E-state index contributed by atoms with van der Waals surface area (Å²) in [6.45, 7) is 8.86. The molecule has 0 atom stereocenters. The van der Waals surface area contributed by atoms with Crippen molar-refractivity contribution in [1.29, 1.82) is 0 Å². The summed E-state index contributed by atoms with van der Waals surface area (Å²) in [5, 5.41) is 9.64. The van der Waals surface area contributed by atoms with Crippen LogP contribution in [0.2, 0.25) is 0 Å². The second kappa shape index (κ2) is 12.3. The van der Waals surface area contributed by atoms with Crippen LogP contribution in [0.4, 0.5) is 0 Å². The number of fused-ring (bicyclic) bond motifs is 2. The molecule has 0 radical (unpaired) electrons. The van der Waals surface area contributed by atoms with Gasteiger partial charge in [0.05, 0.1) is 6.20 Å². The third kappa shape index (κ3) is 6.04. The number of aryl methyl sites for hydroxylation is 1. The Morgan fingerprint density at radius 2 is 1.62 bits per heavy atom. The van der Waals surface area contributed by atoms with E-state index in [9.17, 15) is 4.79 Å². The lowest BCUT2D eigenvalue weighted by Crippen LogP contribution is -2.15. The van der Waals surface area contributed by atoms with E-state index in [2.05, 4.69) is 60.4 Å². The summed E-state index contributed by atoms with van der Waals surface area (Å²) in [6, 6.07) is 19.8. The molecule has 0 aliphatic carbocycles. The molecule has 37 heavy (non-hydrogen) atoms. The average molecular weight is 494 g/mol. The van der Waals surface area contributed by atoms with E-state index in [0.717, 1.165) is 38.7 Å². The first kappa shape index (κ1) is 26.0. The van der Waals surface area contributed by atoms with Crippen LogP contribution in [-0.2, 0) is 0 Å². The van der Waals surface area contributed by atoms with Crippen LogP contribution in [0.25, 0.3) is 38.7 Å². The maximum Gasteiger partial charge on any atom is 0.249 e. The highest BCUT2D eigenvalue weighted by Crippen LogP contribution is 2.33. The third-order valence-electron chi connectivity index (χ3n) is 6.35. The summed E-state index contributed by atoms with van der Waals surface area (Å²) in [7, 11) is 0. The Bertz CT molecular complexity index is 1480. The molecule has 6 nitrogen and oxygen atoms in total. The van der Waals surface area contributed by atoms with Crippen molar-refractivity contribution in [1.82, 2.24) is 19.9 Å². The standard InChI is InChI=1S/C24H18N4O.C7H17N/c1-15-6-8-16(9-7-15)17-12-26-24-22(13-27-28(24)14-17)20-10-11-21(23(25)29)19-5-3-2-4-18(19)20;1-3-5-7-8-6-4-2/h2-14H,1H3,(H2,25,29);8H,3-7H2,1-2H3. The predicted octanol–water partition coefficient (Wildman–Crippen LogP) is 6.41. The molecule has 2 aromatic heterocycles. The number of carbonyl (C=O) groups excluding carboxylic acids is 1. The van der Waals surface area contributed by atoms with Crippen LogP contribution in [0, 0.1) is 6.92 Å². The molecule has 190 valence electrons. The summed E-state index contributed by atoms with van der Waals surface area (Å²) in [5.41, 5.74) is 12.0. The quantitative estimate of drug-likeness (QED) is 0.245. The maximum atomic E-state index is 11.8. The minimum atomic E-state index is -0.437. The van der Waals surface area contributed by atoms with Crippen molar-refractivity contribution in [3.8, 4) is 22.3 Å². The molecule has 0 aliphatic heterocycles. The van der Waals surface area contributed by atoms with Gasteiger partial charge in [-0.2, -0.15) is 5.10 Å². The monoisotopic (exact) mass is 493 g/mol. The molecule has 0 saturated carbocycles. The number of hydrogen-bond acceptors (Lipinski definition) is 4. The van der Waals surface area contributed by atoms with Crippen LogP contribution in [0.1, 0.15) is 49.0 Å². The molecule has 3 aromatic carbocycles. The summed E-state index contributed by atoms with van der Waals surface area (Å²) in [4.78, 5) is 16.5. The molecular formula is C31H35N5O. The molecule has 0 bridgehead atoms. The molecule has 0 saturated heterocycles. The first-order valence-electron chi connectivity index (χ1n) is 13.0. The van der Waals surface area contributed by atoms with Gasteiger partial charge in [0.2, 0.25) is 5.91 Å². The van der Waals surface area contributed by atoms with Gasteiger partial charge in [-0.25, -0.2) is 9.50 Å². The van der Waals surface area contributed by atoms with Crippen molar-refractivity contribution in [2.24, 2.45) is 5.73 Å². The molecule has 5 aromatic rings. The van der Waals surface area contributed by atoms with Crippen molar-refractivity contribution in [3.05, 3.63) is 90.4 Å². The first-order chi connectivity index (χ1) is 18.0. The third-order valence-corrected chi connectivity index (χ3v) is 6.35. The topological polar surface area (TPSA) is 85.3 Å². The largest absolute Gasteiger partial charge is 0.366 e. The van der Waals surface area contributed by atoms with Gasteiger partial charge in [-0.3, -0.25) is 4.79 Å². The predicted molar refractivity (Wildman–Crippen MR) is 153 cm³/mol. The number of nitrogens with two attached hydrogens (primary N) is 1. The Morgan fingerprint density at radius 3 is 2.32 bits per heavy atom. The van der Waals surface area contributed by atoms with Gasteiger partial charge in [-0.1, -0.05) is 80.4 Å². The minimum absolute atomic E-state index is 0.437. The summed E-state index contributed by atoms with van der Waals surface area (Å²) >= 11 is 0. The van der Waals surface area contributed by atoms with Crippen LogP contribution in [0.3, 0.4) is 0 Å². The summed E-state index contributed by atoms with van der Waals surface area (Å²) in [6.07, 6.45) is 9.54. The lowest BCUT2D eigenvalue weighted by Gasteiger charge is -2.09. The van der Waals surface area contributed by atoms with Crippen LogP contribution in [-0.4, -0.2) is 33.6 Å². The average Bonchev–Trinajstić information content (AvgIpc) is 3.34. The van der Waals surface area contributed by atoms with Gasteiger partial charge in [-0.15, -0.1) is 0 Å². The Morgan fingerprint density at radius 1 is 0.865 bits per heavy atom. The van der Waals surface area contributed by atoms with E-state index in [1.807, 2.05) is 48.9 Å². The highest BCUT2D eigenvalue weighted by Gasteiger charge is 2.15. The minimum Gasteiger partial charge on any atom is -0.366 e. The number of aromatic nitrogens is 3. The number of nitrogens with one attached hydrogen (secondary N) is 1. The smallest absolute Gasteiger partial charge is 0.249 e. The van der Waals surface area contributed by atoms with Gasteiger partial charge < -0.3 is 11.1 Å². The number of amides is 1. The second-order valence-corrected chi connectivity index (χ2v) is 9.21. The van der Waals surface area contributed by atoms with Crippen LogP contribution >= 0.6 is 0 Å². The van der Waals surface area contributed by atoms with Crippen molar-refractivity contribution in [2.45, 2.75) is 40.0 Å². The fourth-order valence-corrected chi connectivity index (χ4v) is 4.31. The zero-order chi connectivity index (χ0) is 26.2. The molecule has 2 heterocycles. The normalized spacial score (nSPS) is 10.9. The van der Waals surface area contributed by atoms with Crippen LogP contribution < -0.4 is 11.1 Å². The highest BCUT2D eigenvalue weighted by molar-refractivity contribution is 6.11. The van der Waals surface area contributed by atoms with E-state index in [4.69, 9.17) is 5.73 Å². The van der Waals surface area contributed by atoms with Gasteiger partial charge in [0.15, 0.2) is 5.65 Å². The Balaban J connectivity index is 0.000000349. The number of hydrogen-bond donors (Lipinski definition) is 2. The van der Waals surface area contributed by atoms with Gasteiger partial charge in [-0.05, 0) is 60.8 Å².